The number of aromatic carboxylic acids is 1. The molecular formula is C17H15BrO4. The largest absolute Gasteiger partial charge is 0.478 e. The zero-order valence-corrected chi connectivity index (χ0v) is 13.8. The Bertz CT molecular complexity index is 705. The van der Waals surface area contributed by atoms with Gasteiger partial charge in [-0.15, -0.1) is 0 Å². The van der Waals surface area contributed by atoms with Gasteiger partial charge in [0.25, 0.3) is 0 Å². The van der Waals surface area contributed by atoms with E-state index in [-0.39, 0.29) is 11.3 Å². The highest BCUT2D eigenvalue weighted by atomic mass is 79.9. The van der Waals surface area contributed by atoms with E-state index < -0.39 is 11.9 Å². The molecule has 0 spiro atoms. The predicted molar refractivity (Wildman–Crippen MR) is 86.6 cm³/mol. The summed E-state index contributed by atoms with van der Waals surface area (Å²) in [4.78, 5) is 23.0. The predicted octanol–water partition coefficient (Wildman–Crippen LogP) is 4.49. The molecule has 5 heteroatoms. The minimum absolute atomic E-state index is 0.118. The van der Waals surface area contributed by atoms with E-state index in [9.17, 15) is 9.59 Å². The van der Waals surface area contributed by atoms with Gasteiger partial charge in [-0.1, -0.05) is 26.0 Å². The van der Waals surface area contributed by atoms with Gasteiger partial charge in [0.15, 0.2) is 0 Å². The molecule has 0 atom stereocenters. The maximum atomic E-state index is 12.1. The van der Waals surface area contributed by atoms with Crippen molar-refractivity contribution in [1.29, 1.82) is 0 Å². The van der Waals surface area contributed by atoms with Crippen LogP contribution in [0.5, 0.6) is 5.75 Å². The molecule has 0 aromatic heterocycles. The Morgan fingerprint density at radius 3 is 2.14 bits per heavy atom. The van der Waals surface area contributed by atoms with Crippen LogP contribution in [0, 0.1) is 0 Å². The summed E-state index contributed by atoms with van der Waals surface area (Å²) in [6.45, 7) is 4.16. The first-order chi connectivity index (χ1) is 10.4. The number of esters is 1. The van der Waals surface area contributed by atoms with E-state index in [1.807, 2.05) is 12.1 Å². The highest BCUT2D eigenvalue weighted by molar-refractivity contribution is 9.10. The van der Waals surface area contributed by atoms with Crippen LogP contribution >= 0.6 is 15.9 Å². The van der Waals surface area contributed by atoms with Crippen LogP contribution in [0.1, 0.15) is 46.0 Å². The molecule has 1 N–H and O–H groups in total. The lowest BCUT2D eigenvalue weighted by molar-refractivity contribution is 0.0696. The molecular weight excluding hydrogens is 348 g/mol. The fourth-order valence-electron chi connectivity index (χ4n) is 1.88. The number of rotatable bonds is 4. The molecule has 2 rings (SSSR count). The van der Waals surface area contributed by atoms with Gasteiger partial charge in [0.1, 0.15) is 5.75 Å². The summed E-state index contributed by atoms with van der Waals surface area (Å²) < 4.78 is 5.70. The maximum absolute atomic E-state index is 12.1. The Labute approximate surface area is 136 Å². The molecule has 0 heterocycles. The molecule has 2 aromatic rings. The van der Waals surface area contributed by atoms with Crippen molar-refractivity contribution in [1.82, 2.24) is 0 Å². The molecule has 0 saturated carbocycles. The second-order valence-corrected chi connectivity index (χ2v) is 5.97. The van der Waals surface area contributed by atoms with E-state index in [1.165, 1.54) is 18.2 Å². The molecule has 0 bridgehead atoms. The lowest BCUT2D eigenvalue weighted by atomic mass is 10.0. The van der Waals surface area contributed by atoms with Gasteiger partial charge < -0.3 is 9.84 Å². The lowest BCUT2D eigenvalue weighted by Gasteiger charge is -2.09. The SMILES string of the molecule is CC(C)c1ccc(C(=O)Oc2ccc(C(=O)O)cc2Br)cc1. The number of benzene rings is 2. The van der Waals surface area contributed by atoms with Crippen LogP contribution in [0.15, 0.2) is 46.9 Å². The standard InChI is InChI=1S/C17H15BrO4/c1-10(2)11-3-5-12(6-4-11)17(21)22-15-8-7-13(16(19)20)9-14(15)18/h3-10H,1-2H3,(H,19,20). The lowest BCUT2D eigenvalue weighted by Crippen LogP contribution is -2.09. The van der Waals surface area contributed by atoms with Gasteiger partial charge in [-0.2, -0.15) is 0 Å². The minimum Gasteiger partial charge on any atom is -0.478 e. The van der Waals surface area contributed by atoms with Crippen LogP contribution in [0.2, 0.25) is 0 Å². The number of carbonyl (C=O) groups is 2. The molecule has 0 amide bonds. The Hall–Kier alpha value is -2.14. The minimum atomic E-state index is -1.04. The van der Waals surface area contributed by atoms with Crippen molar-refractivity contribution >= 4 is 27.9 Å². The summed E-state index contributed by atoms with van der Waals surface area (Å²) in [5.41, 5.74) is 1.70. The monoisotopic (exact) mass is 362 g/mol. The van der Waals surface area contributed by atoms with E-state index in [0.717, 1.165) is 5.56 Å². The first kappa shape index (κ1) is 16.2. The molecule has 0 radical (unpaired) electrons. The van der Waals surface area contributed by atoms with E-state index in [2.05, 4.69) is 29.8 Å². The number of ether oxygens (including phenoxy) is 1. The summed E-state index contributed by atoms with van der Waals surface area (Å²) in [5.74, 6) is -0.854. The van der Waals surface area contributed by atoms with E-state index in [0.29, 0.717) is 16.0 Å². The van der Waals surface area contributed by atoms with Gasteiger partial charge in [-0.3, -0.25) is 0 Å². The Kier molecular flexibility index (Phi) is 4.98. The van der Waals surface area contributed by atoms with Gasteiger partial charge in [0.05, 0.1) is 15.6 Å². The molecule has 0 aliphatic carbocycles. The number of halogens is 1. The van der Waals surface area contributed by atoms with Crippen molar-refractivity contribution in [3.8, 4) is 5.75 Å². The average molecular weight is 363 g/mol. The number of carboxylic acids is 1. The first-order valence-electron chi connectivity index (χ1n) is 6.73. The Balaban J connectivity index is 2.16. The number of hydrogen-bond donors (Lipinski definition) is 1. The van der Waals surface area contributed by atoms with Gasteiger partial charge in [-0.25, -0.2) is 9.59 Å². The van der Waals surface area contributed by atoms with Gasteiger partial charge in [0.2, 0.25) is 0 Å². The molecule has 22 heavy (non-hydrogen) atoms. The normalized spacial score (nSPS) is 10.5. The molecule has 2 aromatic carbocycles. The van der Waals surface area contributed by atoms with Crippen molar-refractivity contribution in [3.05, 3.63) is 63.6 Å². The van der Waals surface area contributed by atoms with Gasteiger partial charge in [0, 0.05) is 0 Å². The second-order valence-electron chi connectivity index (χ2n) is 5.12. The van der Waals surface area contributed by atoms with Crippen molar-refractivity contribution < 1.29 is 19.4 Å². The van der Waals surface area contributed by atoms with Crippen LogP contribution in [0.3, 0.4) is 0 Å². The smallest absolute Gasteiger partial charge is 0.343 e. The molecule has 4 nitrogen and oxygen atoms in total. The van der Waals surface area contributed by atoms with Crippen molar-refractivity contribution in [3.63, 3.8) is 0 Å². The first-order valence-corrected chi connectivity index (χ1v) is 7.52. The van der Waals surface area contributed by atoms with E-state index in [4.69, 9.17) is 9.84 Å². The summed E-state index contributed by atoms with van der Waals surface area (Å²) in [7, 11) is 0. The van der Waals surface area contributed by atoms with Crippen molar-refractivity contribution in [2.75, 3.05) is 0 Å². The summed E-state index contributed by atoms with van der Waals surface area (Å²) in [6, 6.07) is 11.5. The highest BCUT2D eigenvalue weighted by Crippen LogP contribution is 2.27. The fraction of sp³-hybridized carbons (Fsp3) is 0.176. The highest BCUT2D eigenvalue weighted by Gasteiger charge is 2.13. The molecule has 0 aliphatic heterocycles. The quantitative estimate of drug-likeness (QED) is 0.642. The Morgan fingerprint density at radius 1 is 1.05 bits per heavy atom. The molecule has 0 unspecified atom stereocenters. The topological polar surface area (TPSA) is 63.6 Å². The summed E-state index contributed by atoms with van der Waals surface area (Å²) in [5, 5.41) is 8.90. The average Bonchev–Trinajstić information content (AvgIpc) is 2.49. The van der Waals surface area contributed by atoms with Crippen molar-refractivity contribution in [2.45, 2.75) is 19.8 Å². The fourth-order valence-corrected chi connectivity index (χ4v) is 2.34. The van der Waals surface area contributed by atoms with Crippen LogP contribution in [-0.4, -0.2) is 17.0 Å². The molecule has 0 saturated heterocycles. The molecule has 0 fully saturated rings. The summed E-state index contributed by atoms with van der Waals surface area (Å²) in [6.07, 6.45) is 0. The molecule has 114 valence electrons. The second kappa shape index (κ2) is 6.75. The number of hydrogen-bond acceptors (Lipinski definition) is 3. The number of carboxylic acid groups (broad SMARTS) is 1. The van der Waals surface area contributed by atoms with Gasteiger partial charge in [-0.05, 0) is 57.7 Å². The van der Waals surface area contributed by atoms with E-state index in [1.54, 1.807) is 12.1 Å². The third-order valence-electron chi connectivity index (χ3n) is 3.19. The van der Waals surface area contributed by atoms with Crippen LogP contribution in [-0.2, 0) is 0 Å². The van der Waals surface area contributed by atoms with E-state index >= 15 is 0 Å². The van der Waals surface area contributed by atoms with Gasteiger partial charge >= 0.3 is 11.9 Å². The summed E-state index contributed by atoms with van der Waals surface area (Å²) >= 11 is 3.21. The van der Waals surface area contributed by atoms with Crippen LogP contribution in [0.25, 0.3) is 0 Å². The zero-order chi connectivity index (χ0) is 16.3. The molecule has 0 aliphatic rings. The zero-order valence-electron chi connectivity index (χ0n) is 12.2. The third-order valence-corrected chi connectivity index (χ3v) is 3.81. The Morgan fingerprint density at radius 2 is 1.64 bits per heavy atom. The maximum Gasteiger partial charge on any atom is 0.343 e. The van der Waals surface area contributed by atoms with Crippen LogP contribution in [0.4, 0.5) is 0 Å². The third kappa shape index (κ3) is 3.74. The van der Waals surface area contributed by atoms with Crippen LogP contribution < -0.4 is 4.74 Å². The number of carbonyl (C=O) groups excluding carboxylic acids is 1. The van der Waals surface area contributed by atoms with Crippen molar-refractivity contribution in [2.24, 2.45) is 0 Å².